The van der Waals surface area contributed by atoms with Gasteiger partial charge in [-0.25, -0.2) is 0 Å². The predicted molar refractivity (Wildman–Crippen MR) is 83.6 cm³/mol. The fourth-order valence-electron chi connectivity index (χ4n) is 2.43. The number of halogens is 1. The van der Waals surface area contributed by atoms with E-state index in [1.165, 1.54) is 7.11 Å². The van der Waals surface area contributed by atoms with Crippen LogP contribution >= 0.6 is 15.9 Å². The maximum Gasteiger partial charge on any atom is 0.255 e. The van der Waals surface area contributed by atoms with E-state index < -0.39 is 0 Å². The highest BCUT2D eigenvalue weighted by atomic mass is 79.9. The Morgan fingerprint density at radius 2 is 2.05 bits per heavy atom. The van der Waals surface area contributed by atoms with Crippen molar-refractivity contribution in [1.29, 1.82) is 0 Å². The average Bonchev–Trinajstić information content (AvgIpc) is 2.54. The largest absolute Gasteiger partial charge is 0.493 e. The SMILES string of the molecule is COc1cccc(C(=O)NC2(CBr)CCOCC2)c1OC. The van der Waals surface area contributed by atoms with E-state index in [2.05, 4.69) is 21.2 Å². The van der Waals surface area contributed by atoms with E-state index in [-0.39, 0.29) is 11.4 Å². The van der Waals surface area contributed by atoms with Crippen molar-refractivity contribution in [3.05, 3.63) is 23.8 Å². The van der Waals surface area contributed by atoms with E-state index in [1.54, 1.807) is 25.3 Å². The molecule has 1 amide bonds. The zero-order valence-electron chi connectivity index (χ0n) is 12.3. The molecule has 0 aromatic heterocycles. The Morgan fingerprint density at radius 3 is 2.62 bits per heavy atom. The first kappa shape index (κ1) is 16.1. The van der Waals surface area contributed by atoms with Crippen LogP contribution in [0.2, 0.25) is 0 Å². The number of hydrogen-bond donors (Lipinski definition) is 1. The maximum atomic E-state index is 12.6. The van der Waals surface area contributed by atoms with E-state index in [9.17, 15) is 4.79 Å². The summed E-state index contributed by atoms with van der Waals surface area (Å²) in [6.07, 6.45) is 1.58. The van der Waals surface area contributed by atoms with Gasteiger partial charge in [-0.15, -0.1) is 0 Å². The van der Waals surface area contributed by atoms with Crippen LogP contribution in [0, 0.1) is 0 Å². The molecule has 0 unspecified atom stereocenters. The minimum absolute atomic E-state index is 0.160. The van der Waals surface area contributed by atoms with E-state index in [0.29, 0.717) is 35.6 Å². The molecule has 1 aromatic carbocycles. The van der Waals surface area contributed by atoms with Gasteiger partial charge in [0.1, 0.15) is 0 Å². The Labute approximate surface area is 133 Å². The number of rotatable bonds is 5. The van der Waals surface area contributed by atoms with Crippen LogP contribution in [0.4, 0.5) is 0 Å². The van der Waals surface area contributed by atoms with Crippen molar-refractivity contribution < 1.29 is 19.0 Å². The first-order chi connectivity index (χ1) is 10.2. The molecule has 21 heavy (non-hydrogen) atoms. The van der Waals surface area contributed by atoms with Crippen LogP contribution in [0.25, 0.3) is 0 Å². The summed E-state index contributed by atoms with van der Waals surface area (Å²) in [7, 11) is 3.08. The Bertz CT molecular complexity index is 500. The molecular formula is C15H20BrNO4. The molecule has 0 spiro atoms. The third-order valence-corrected chi connectivity index (χ3v) is 4.81. The van der Waals surface area contributed by atoms with Gasteiger partial charge in [-0.2, -0.15) is 0 Å². The summed E-state index contributed by atoms with van der Waals surface area (Å²) >= 11 is 3.51. The van der Waals surface area contributed by atoms with Crippen LogP contribution in [0.15, 0.2) is 18.2 Å². The molecule has 6 heteroatoms. The van der Waals surface area contributed by atoms with Gasteiger partial charge >= 0.3 is 0 Å². The van der Waals surface area contributed by atoms with Crippen LogP contribution in [-0.4, -0.2) is 44.2 Å². The van der Waals surface area contributed by atoms with Crippen molar-refractivity contribution in [2.45, 2.75) is 18.4 Å². The molecule has 1 N–H and O–H groups in total. The second kappa shape index (κ2) is 7.13. The lowest BCUT2D eigenvalue weighted by molar-refractivity contribution is 0.0441. The number of methoxy groups -OCH3 is 2. The van der Waals surface area contributed by atoms with Gasteiger partial charge in [-0.05, 0) is 25.0 Å². The molecular weight excluding hydrogens is 338 g/mol. The third kappa shape index (κ3) is 3.49. The summed E-state index contributed by atoms with van der Waals surface area (Å²) in [6, 6.07) is 5.28. The summed E-state index contributed by atoms with van der Waals surface area (Å²) in [5.41, 5.74) is 0.201. The Morgan fingerprint density at radius 1 is 1.33 bits per heavy atom. The number of benzene rings is 1. The van der Waals surface area contributed by atoms with Gasteiger partial charge in [-0.1, -0.05) is 22.0 Å². The monoisotopic (exact) mass is 357 g/mol. The van der Waals surface area contributed by atoms with E-state index in [1.807, 2.05) is 0 Å². The van der Waals surface area contributed by atoms with Crippen LogP contribution in [-0.2, 0) is 4.74 Å². The molecule has 0 aliphatic carbocycles. The number of para-hydroxylation sites is 1. The molecule has 1 saturated heterocycles. The molecule has 1 aliphatic rings. The molecule has 1 aliphatic heterocycles. The first-order valence-electron chi connectivity index (χ1n) is 6.83. The van der Waals surface area contributed by atoms with Crippen molar-refractivity contribution in [3.63, 3.8) is 0 Å². The number of alkyl halides is 1. The summed E-state index contributed by atoms with van der Waals surface area (Å²) in [4.78, 5) is 12.6. The molecule has 0 radical (unpaired) electrons. The van der Waals surface area contributed by atoms with E-state index in [4.69, 9.17) is 14.2 Å². The minimum atomic E-state index is -0.274. The van der Waals surface area contributed by atoms with Crippen LogP contribution in [0.3, 0.4) is 0 Å². The van der Waals surface area contributed by atoms with E-state index in [0.717, 1.165) is 12.8 Å². The van der Waals surface area contributed by atoms with Crippen molar-refractivity contribution in [1.82, 2.24) is 5.32 Å². The number of hydrogen-bond acceptors (Lipinski definition) is 4. The Kier molecular flexibility index (Phi) is 5.47. The summed E-state index contributed by atoms with van der Waals surface area (Å²) in [6.45, 7) is 1.31. The number of ether oxygens (including phenoxy) is 3. The van der Waals surface area contributed by atoms with Crippen molar-refractivity contribution in [3.8, 4) is 11.5 Å². The molecule has 0 atom stereocenters. The minimum Gasteiger partial charge on any atom is -0.493 e. The van der Waals surface area contributed by atoms with Gasteiger partial charge in [-0.3, -0.25) is 4.79 Å². The zero-order chi connectivity index (χ0) is 15.3. The highest BCUT2D eigenvalue weighted by molar-refractivity contribution is 9.09. The molecule has 0 saturated carbocycles. The molecule has 1 aromatic rings. The lowest BCUT2D eigenvalue weighted by Crippen LogP contribution is -2.53. The second-order valence-corrected chi connectivity index (χ2v) is 5.58. The molecule has 1 fully saturated rings. The highest BCUT2D eigenvalue weighted by Gasteiger charge is 2.34. The molecule has 2 rings (SSSR count). The van der Waals surface area contributed by atoms with Crippen molar-refractivity contribution in [2.75, 3.05) is 32.8 Å². The zero-order valence-corrected chi connectivity index (χ0v) is 13.9. The van der Waals surface area contributed by atoms with Gasteiger partial charge < -0.3 is 19.5 Å². The Balaban J connectivity index is 2.23. The smallest absolute Gasteiger partial charge is 0.255 e. The fraction of sp³-hybridized carbons (Fsp3) is 0.533. The normalized spacial score (nSPS) is 17.1. The van der Waals surface area contributed by atoms with Crippen molar-refractivity contribution >= 4 is 21.8 Å². The van der Waals surface area contributed by atoms with Crippen LogP contribution < -0.4 is 14.8 Å². The quantitative estimate of drug-likeness (QED) is 0.822. The summed E-state index contributed by atoms with van der Waals surface area (Å²) in [5, 5.41) is 3.82. The van der Waals surface area contributed by atoms with Gasteiger partial charge in [0.15, 0.2) is 11.5 Å². The molecule has 5 nitrogen and oxygen atoms in total. The maximum absolute atomic E-state index is 12.6. The second-order valence-electron chi connectivity index (χ2n) is 5.02. The lowest BCUT2D eigenvalue weighted by atomic mass is 9.92. The number of amides is 1. The van der Waals surface area contributed by atoms with Gasteiger partial charge in [0.2, 0.25) is 0 Å². The van der Waals surface area contributed by atoms with Gasteiger partial charge in [0.25, 0.3) is 5.91 Å². The number of carbonyl (C=O) groups is 1. The number of nitrogens with one attached hydrogen (secondary N) is 1. The molecule has 1 heterocycles. The predicted octanol–water partition coefficient (Wildman–Crippen LogP) is 2.38. The fourth-order valence-corrected chi connectivity index (χ4v) is 3.13. The van der Waals surface area contributed by atoms with Crippen molar-refractivity contribution in [2.24, 2.45) is 0 Å². The highest BCUT2D eigenvalue weighted by Crippen LogP contribution is 2.31. The van der Waals surface area contributed by atoms with Gasteiger partial charge in [0.05, 0.1) is 25.3 Å². The van der Waals surface area contributed by atoms with Crippen LogP contribution in [0.5, 0.6) is 11.5 Å². The Hall–Kier alpha value is -1.27. The first-order valence-corrected chi connectivity index (χ1v) is 7.95. The average molecular weight is 358 g/mol. The third-order valence-electron chi connectivity index (χ3n) is 3.73. The van der Waals surface area contributed by atoms with Gasteiger partial charge in [0, 0.05) is 18.5 Å². The van der Waals surface area contributed by atoms with Crippen LogP contribution in [0.1, 0.15) is 23.2 Å². The molecule has 0 bridgehead atoms. The molecule has 116 valence electrons. The number of carbonyl (C=O) groups excluding carboxylic acids is 1. The lowest BCUT2D eigenvalue weighted by Gasteiger charge is -2.36. The standard InChI is InChI=1S/C15H20BrNO4/c1-19-12-5-3-4-11(13(12)20-2)14(18)17-15(10-16)6-8-21-9-7-15/h3-5H,6-10H2,1-2H3,(H,17,18). The summed E-state index contributed by atoms with van der Waals surface area (Å²) in [5.74, 6) is 0.839. The topological polar surface area (TPSA) is 56.8 Å². The van der Waals surface area contributed by atoms with E-state index >= 15 is 0 Å². The summed E-state index contributed by atoms with van der Waals surface area (Å²) < 4.78 is 15.9.